The molecule has 0 saturated heterocycles. The van der Waals surface area contributed by atoms with Crippen molar-refractivity contribution in [1.29, 1.82) is 0 Å². The molecule has 0 aliphatic carbocycles. The predicted octanol–water partition coefficient (Wildman–Crippen LogP) is 3.85. The second-order valence-electron chi connectivity index (χ2n) is 7.30. The number of nitrogens with zero attached hydrogens (tertiary/aromatic N) is 2. The van der Waals surface area contributed by atoms with E-state index in [4.69, 9.17) is 0 Å². The fourth-order valence-corrected chi connectivity index (χ4v) is 2.62. The van der Waals surface area contributed by atoms with Crippen LogP contribution in [0.1, 0.15) is 42.3 Å². The lowest BCUT2D eigenvalue weighted by molar-refractivity contribution is 0.0921. The summed E-state index contributed by atoms with van der Waals surface area (Å²) >= 11 is 0. The van der Waals surface area contributed by atoms with Crippen LogP contribution in [0.25, 0.3) is 11.2 Å². The van der Waals surface area contributed by atoms with Gasteiger partial charge in [0.25, 0.3) is 5.91 Å². The molecule has 1 aromatic carbocycles. The Morgan fingerprint density at radius 1 is 1.20 bits per heavy atom. The molecule has 0 radical (unpaired) electrons. The lowest BCUT2D eigenvalue weighted by atomic mass is 10.1. The van der Waals surface area contributed by atoms with Gasteiger partial charge in [0.05, 0.1) is 11.8 Å². The standard InChI is InChI=1S/C19H23N5O/c1-11-6-7-14(12(2)8-11)22-15-10-21-17-16(23-15)13(9-20-17)18(25)24-19(3,4)5/h6-10H,1-5H3,(H,20,21)(H,22,23)(H,24,25). The van der Waals surface area contributed by atoms with Crippen LogP contribution in [0.15, 0.2) is 30.6 Å². The summed E-state index contributed by atoms with van der Waals surface area (Å²) in [7, 11) is 0. The van der Waals surface area contributed by atoms with E-state index in [2.05, 4.69) is 38.6 Å². The molecule has 6 heteroatoms. The Morgan fingerprint density at radius 3 is 2.64 bits per heavy atom. The zero-order valence-corrected chi connectivity index (χ0v) is 15.2. The number of carbonyl (C=O) groups excluding carboxylic acids is 1. The van der Waals surface area contributed by atoms with Crippen LogP contribution in [0, 0.1) is 13.8 Å². The Labute approximate surface area is 147 Å². The zero-order chi connectivity index (χ0) is 18.2. The molecular weight excluding hydrogens is 314 g/mol. The average molecular weight is 337 g/mol. The van der Waals surface area contributed by atoms with Gasteiger partial charge in [-0.15, -0.1) is 0 Å². The minimum absolute atomic E-state index is 0.170. The molecule has 3 N–H and O–H groups in total. The van der Waals surface area contributed by atoms with Crippen LogP contribution in [0.2, 0.25) is 0 Å². The van der Waals surface area contributed by atoms with E-state index in [-0.39, 0.29) is 11.4 Å². The number of fused-ring (bicyclic) bond motifs is 1. The average Bonchev–Trinajstić information content (AvgIpc) is 2.91. The first-order valence-electron chi connectivity index (χ1n) is 8.24. The summed E-state index contributed by atoms with van der Waals surface area (Å²) in [5.74, 6) is 0.431. The molecule has 3 rings (SSSR count). The monoisotopic (exact) mass is 337 g/mol. The topological polar surface area (TPSA) is 82.7 Å². The Kier molecular flexibility index (Phi) is 4.20. The molecule has 0 aliphatic heterocycles. The van der Waals surface area contributed by atoms with Gasteiger partial charge in [-0.1, -0.05) is 17.7 Å². The molecule has 2 heterocycles. The molecule has 0 spiro atoms. The van der Waals surface area contributed by atoms with E-state index >= 15 is 0 Å². The summed E-state index contributed by atoms with van der Waals surface area (Å²) in [6.07, 6.45) is 3.30. The maximum atomic E-state index is 12.5. The minimum atomic E-state index is -0.316. The van der Waals surface area contributed by atoms with Crippen LogP contribution in [-0.2, 0) is 0 Å². The van der Waals surface area contributed by atoms with Crippen LogP contribution < -0.4 is 10.6 Å². The molecule has 0 aliphatic rings. The van der Waals surface area contributed by atoms with Crippen LogP contribution in [0.4, 0.5) is 11.5 Å². The summed E-state index contributed by atoms with van der Waals surface area (Å²) in [5, 5.41) is 6.23. The number of anilines is 2. The number of aromatic nitrogens is 3. The molecule has 25 heavy (non-hydrogen) atoms. The van der Waals surface area contributed by atoms with Gasteiger partial charge in [-0.05, 0) is 46.2 Å². The smallest absolute Gasteiger partial charge is 0.255 e. The summed E-state index contributed by atoms with van der Waals surface area (Å²) < 4.78 is 0. The molecule has 1 amide bonds. The number of carbonyl (C=O) groups is 1. The number of hydrogen-bond acceptors (Lipinski definition) is 4. The van der Waals surface area contributed by atoms with Crippen LogP contribution in [0.5, 0.6) is 0 Å². The Hall–Kier alpha value is -2.89. The first-order chi connectivity index (χ1) is 11.7. The van der Waals surface area contributed by atoms with Crippen molar-refractivity contribution in [3.63, 3.8) is 0 Å². The van der Waals surface area contributed by atoms with Gasteiger partial charge in [0.2, 0.25) is 0 Å². The van der Waals surface area contributed by atoms with E-state index in [0.29, 0.717) is 22.5 Å². The normalized spacial score (nSPS) is 11.6. The van der Waals surface area contributed by atoms with Crippen molar-refractivity contribution >= 4 is 28.6 Å². The van der Waals surface area contributed by atoms with Crippen molar-refractivity contribution in [1.82, 2.24) is 20.3 Å². The summed E-state index contributed by atoms with van der Waals surface area (Å²) in [6.45, 7) is 9.93. The molecule has 3 aromatic rings. The summed E-state index contributed by atoms with van der Waals surface area (Å²) in [4.78, 5) is 24.4. The number of aromatic amines is 1. The van der Waals surface area contributed by atoms with Gasteiger partial charge >= 0.3 is 0 Å². The fourth-order valence-electron chi connectivity index (χ4n) is 2.62. The number of benzene rings is 1. The van der Waals surface area contributed by atoms with E-state index in [1.807, 2.05) is 39.8 Å². The highest BCUT2D eigenvalue weighted by molar-refractivity contribution is 6.05. The molecule has 0 atom stereocenters. The molecule has 6 nitrogen and oxygen atoms in total. The molecule has 130 valence electrons. The third-order valence-electron chi connectivity index (χ3n) is 3.76. The first-order valence-corrected chi connectivity index (χ1v) is 8.24. The number of aryl methyl sites for hydroxylation is 2. The van der Waals surface area contributed by atoms with E-state index in [1.165, 1.54) is 5.56 Å². The van der Waals surface area contributed by atoms with Crippen molar-refractivity contribution in [3.8, 4) is 0 Å². The van der Waals surface area contributed by atoms with Crippen LogP contribution in [0.3, 0.4) is 0 Å². The minimum Gasteiger partial charge on any atom is -0.347 e. The Morgan fingerprint density at radius 2 is 1.96 bits per heavy atom. The number of rotatable bonds is 3. The number of H-pyrrole nitrogens is 1. The van der Waals surface area contributed by atoms with Gasteiger partial charge in [-0.25, -0.2) is 9.97 Å². The molecular formula is C19H23N5O. The molecule has 0 unspecified atom stereocenters. The second kappa shape index (κ2) is 6.20. The Balaban J connectivity index is 1.93. The first kappa shape index (κ1) is 17.0. The van der Waals surface area contributed by atoms with Gasteiger partial charge in [-0.2, -0.15) is 0 Å². The quantitative estimate of drug-likeness (QED) is 0.678. The second-order valence-corrected chi connectivity index (χ2v) is 7.30. The highest BCUT2D eigenvalue weighted by atomic mass is 16.1. The lowest BCUT2D eigenvalue weighted by Crippen LogP contribution is -2.40. The fraction of sp³-hybridized carbons (Fsp3) is 0.316. The van der Waals surface area contributed by atoms with Crippen molar-refractivity contribution < 1.29 is 4.79 Å². The third-order valence-corrected chi connectivity index (χ3v) is 3.76. The summed E-state index contributed by atoms with van der Waals surface area (Å²) in [5.41, 5.74) is 4.61. The molecule has 0 fully saturated rings. The zero-order valence-electron chi connectivity index (χ0n) is 15.2. The number of amides is 1. The van der Waals surface area contributed by atoms with Crippen molar-refractivity contribution in [2.45, 2.75) is 40.2 Å². The van der Waals surface area contributed by atoms with E-state index in [1.54, 1.807) is 12.4 Å². The highest BCUT2D eigenvalue weighted by Gasteiger charge is 2.19. The van der Waals surface area contributed by atoms with E-state index in [9.17, 15) is 4.79 Å². The third kappa shape index (κ3) is 3.79. The molecule has 2 aromatic heterocycles. The van der Waals surface area contributed by atoms with Gasteiger partial charge in [0, 0.05) is 17.4 Å². The van der Waals surface area contributed by atoms with Crippen LogP contribution in [-0.4, -0.2) is 26.4 Å². The predicted molar refractivity (Wildman–Crippen MR) is 100 cm³/mol. The number of hydrogen-bond donors (Lipinski definition) is 3. The van der Waals surface area contributed by atoms with Crippen LogP contribution >= 0.6 is 0 Å². The van der Waals surface area contributed by atoms with Gasteiger partial charge in [-0.3, -0.25) is 4.79 Å². The van der Waals surface area contributed by atoms with Crippen molar-refractivity contribution in [2.24, 2.45) is 0 Å². The molecule has 0 saturated carbocycles. The number of nitrogens with one attached hydrogen (secondary N) is 3. The Bertz CT molecular complexity index is 937. The van der Waals surface area contributed by atoms with Gasteiger partial charge in [0.15, 0.2) is 5.65 Å². The lowest BCUT2D eigenvalue weighted by Gasteiger charge is -2.20. The summed E-state index contributed by atoms with van der Waals surface area (Å²) in [6, 6.07) is 6.16. The van der Waals surface area contributed by atoms with Crippen molar-refractivity contribution in [3.05, 3.63) is 47.3 Å². The van der Waals surface area contributed by atoms with E-state index < -0.39 is 0 Å². The SMILES string of the molecule is Cc1ccc(Nc2cnc3[nH]cc(C(=O)NC(C)(C)C)c3n2)c(C)c1. The van der Waals surface area contributed by atoms with E-state index in [0.717, 1.165) is 11.3 Å². The van der Waals surface area contributed by atoms with Crippen molar-refractivity contribution in [2.75, 3.05) is 5.32 Å². The van der Waals surface area contributed by atoms with Gasteiger partial charge in [0.1, 0.15) is 11.3 Å². The maximum absolute atomic E-state index is 12.5. The molecule has 0 bridgehead atoms. The van der Waals surface area contributed by atoms with Gasteiger partial charge < -0.3 is 15.6 Å². The largest absolute Gasteiger partial charge is 0.347 e. The maximum Gasteiger partial charge on any atom is 0.255 e. The highest BCUT2D eigenvalue weighted by Crippen LogP contribution is 2.22.